The number of nitrogen functional groups attached to an aromatic ring is 1. The molecule has 3 nitrogen and oxygen atoms in total. The van der Waals surface area contributed by atoms with Crippen molar-refractivity contribution in [3.05, 3.63) is 78.4 Å². The van der Waals surface area contributed by atoms with E-state index in [4.69, 9.17) is 15.2 Å². The van der Waals surface area contributed by atoms with Crippen LogP contribution in [0, 0.1) is 0 Å². The second-order valence-electron chi connectivity index (χ2n) is 5.96. The van der Waals surface area contributed by atoms with E-state index in [9.17, 15) is 0 Å². The first-order valence-electron chi connectivity index (χ1n) is 8.64. The molecule has 25 heavy (non-hydrogen) atoms. The summed E-state index contributed by atoms with van der Waals surface area (Å²) in [6.07, 6.45) is 3.34. The monoisotopic (exact) mass is 333 g/mol. The number of aryl methyl sites for hydroxylation is 1. The van der Waals surface area contributed by atoms with Crippen LogP contribution in [0.25, 0.3) is 0 Å². The van der Waals surface area contributed by atoms with Gasteiger partial charge in [0.25, 0.3) is 0 Å². The molecule has 2 N–H and O–H groups in total. The van der Waals surface area contributed by atoms with Crippen LogP contribution in [0.15, 0.2) is 72.8 Å². The summed E-state index contributed by atoms with van der Waals surface area (Å²) in [5.74, 6) is 3.14. The minimum Gasteiger partial charge on any atom is -0.457 e. The molecule has 0 unspecified atom stereocenters. The van der Waals surface area contributed by atoms with E-state index in [1.165, 1.54) is 12.0 Å². The lowest BCUT2D eigenvalue weighted by molar-refractivity contribution is 0.456. The van der Waals surface area contributed by atoms with Gasteiger partial charge in [-0.2, -0.15) is 0 Å². The zero-order valence-corrected chi connectivity index (χ0v) is 14.4. The predicted octanol–water partition coefficient (Wildman–Crippen LogP) is 6.20. The van der Waals surface area contributed by atoms with E-state index in [0.717, 1.165) is 35.8 Å². The predicted molar refractivity (Wildman–Crippen MR) is 102 cm³/mol. The third-order valence-corrected chi connectivity index (χ3v) is 3.92. The van der Waals surface area contributed by atoms with Crippen LogP contribution in [0.5, 0.6) is 23.0 Å². The van der Waals surface area contributed by atoms with Crippen LogP contribution in [0.1, 0.15) is 25.3 Å². The van der Waals surface area contributed by atoms with Gasteiger partial charge in [0.1, 0.15) is 23.0 Å². The third kappa shape index (κ3) is 4.77. The smallest absolute Gasteiger partial charge is 0.131 e. The van der Waals surface area contributed by atoms with Crippen molar-refractivity contribution in [2.75, 3.05) is 5.73 Å². The minimum atomic E-state index is 0.716. The molecule has 128 valence electrons. The van der Waals surface area contributed by atoms with Crippen LogP contribution in [0.2, 0.25) is 0 Å². The largest absolute Gasteiger partial charge is 0.457 e. The first kappa shape index (κ1) is 16.9. The summed E-state index contributed by atoms with van der Waals surface area (Å²) in [4.78, 5) is 0. The molecule has 3 aromatic carbocycles. The van der Waals surface area contributed by atoms with Crippen LogP contribution in [0.4, 0.5) is 5.69 Å². The summed E-state index contributed by atoms with van der Waals surface area (Å²) in [6, 6.07) is 23.2. The van der Waals surface area contributed by atoms with Gasteiger partial charge in [-0.25, -0.2) is 0 Å². The Labute approximate surface area is 149 Å². The van der Waals surface area contributed by atoms with Crippen molar-refractivity contribution in [2.24, 2.45) is 0 Å². The topological polar surface area (TPSA) is 44.5 Å². The van der Waals surface area contributed by atoms with Crippen molar-refractivity contribution in [1.82, 2.24) is 0 Å². The number of ether oxygens (including phenoxy) is 2. The van der Waals surface area contributed by atoms with Gasteiger partial charge in [0.2, 0.25) is 0 Å². The number of anilines is 1. The maximum atomic E-state index is 6.10. The van der Waals surface area contributed by atoms with Gasteiger partial charge in [0.15, 0.2) is 0 Å². The molecule has 0 spiro atoms. The van der Waals surface area contributed by atoms with Gasteiger partial charge in [0, 0.05) is 11.8 Å². The van der Waals surface area contributed by atoms with Gasteiger partial charge < -0.3 is 15.2 Å². The SMILES string of the molecule is CCCCc1ccccc1Oc1cccc(Oc2ccc(N)cc2)c1. The molecular weight excluding hydrogens is 310 g/mol. The zero-order chi connectivity index (χ0) is 17.5. The standard InChI is InChI=1S/C22H23NO2/c1-2-3-7-17-8-4-5-11-22(17)25-21-10-6-9-20(16-21)24-19-14-12-18(23)13-15-19/h4-6,8-16H,2-3,7,23H2,1H3. The van der Waals surface area contributed by atoms with Crippen molar-refractivity contribution in [2.45, 2.75) is 26.2 Å². The molecule has 0 bridgehead atoms. The van der Waals surface area contributed by atoms with Crippen LogP contribution in [-0.4, -0.2) is 0 Å². The average molecular weight is 333 g/mol. The molecule has 0 amide bonds. The van der Waals surface area contributed by atoms with Crippen LogP contribution < -0.4 is 15.2 Å². The number of benzene rings is 3. The van der Waals surface area contributed by atoms with Crippen LogP contribution in [0.3, 0.4) is 0 Å². The summed E-state index contributed by atoms with van der Waals surface area (Å²) in [7, 11) is 0. The Kier molecular flexibility index (Phi) is 5.57. The van der Waals surface area contributed by atoms with Crippen LogP contribution >= 0.6 is 0 Å². The summed E-state index contributed by atoms with van der Waals surface area (Å²) < 4.78 is 12.0. The number of hydrogen-bond donors (Lipinski definition) is 1. The number of nitrogens with two attached hydrogens (primary N) is 1. The summed E-state index contributed by atoms with van der Waals surface area (Å²) >= 11 is 0. The van der Waals surface area contributed by atoms with Crippen molar-refractivity contribution in [1.29, 1.82) is 0 Å². The van der Waals surface area contributed by atoms with E-state index in [0.29, 0.717) is 5.69 Å². The van der Waals surface area contributed by atoms with Crippen molar-refractivity contribution >= 4 is 5.69 Å². The van der Waals surface area contributed by atoms with Gasteiger partial charge in [0.05, 0.1) is 0 Å². The Morgan fingerprint density at radius 2 is 1.48 bits per heavy atom. The molecule has 3 rings (SSSR count). The van der Waals surface area contributed by atoms with Gasteiger partial charge >= 0.3 is 0 Å². The van der Waals surface area contributed by atoms with Gasteiger partial charge in [-0.15, -0.1) is 0 Å². The van der Waals surface area contributed by atoms with E-state index in [1.54, 1.807) is 0 Å². The normalized spacial score (nSPS) is 10.4. The van der Waals surface area contributed by atoms with Gasteiger partial charge in [-0.3, -0.25) is 0 Å². The molecule has 0 aliphatic rings. The maximum absolute atomic E-state index is 6.10. The fourth-order valence-electron chi connectivity index (χ4n) is 2.58. The summed E-state index contributed by atoms with van der Waals surface area (Å²) in [6.45, 7) is 2.20. The average Bonchev–Trinajstić information content (AvgIpc) is 2.63. The van der Waals surface area contributed by atoms with Gasteiger partial charge in [-0.05, 0) is 60.9 Å². The first-order chi connectivity index (χ1) is 12.2. The second-order valence-corrected chi connectivity index (χ2v) is 5.96. The Hall–Kier alpha value is -2.94. The molecule has 0 saturated heterocycles. The quantitative estimate of drug-likeness (QED) is 0.524. The highest BCUT2D eigenvalue weighted by atomic mass is 16.5. The van der Waals surface area contributed by atoms with Crippen molar-refractivity contribution < 1.29 is 9.47 Å². The van der Waals surface area contributed by atoms with Gasteiger partial charge in [-0.1, -0.05) is 37.6 Å². The number of hydrogen-bond acceptors (Lipinski definition) is 3. The number of rotatable bonds is 7. The van der Waals surface area contributed by atoms with Crippen LogP contribution in [-0.2, 0) is 6.42 Å². The minimum absolute atomic E-state index is 0.716. The van der Waals surface area contributed by atoms with E-state index in [2.05, 4.69) is 19.1 Å². The molecule has 0 saturated carbocycles. The number of para-hydroxylation sites is 1. The van der Waals surface area contributed by atoms with Crippen molar-refractivity contribution in [3.8, 4) is 23.0 Å². The Bertz CT molecular complexity index is 812. The lowest BCUT2D eigenvalue weighted by Crippen LogP contribution is -1.92. The second kappa shape index (κ2) is 8.25. The lowest BCUT2D eigenvalue weighted by Gasteiger charge is -2.12. The fraction of sp³-hybridized carbons (Fsp3) is 0.182. The molecule has 0 atom stereocenters. The molecule has 0 fully saturated rings. The molecular formula is C22H23NO2. The third-order valence-electron chi connectivity index (χ3n) is 3.92. The first-order valence-corrected chi connectivity index (χ1v) is 8.64. The molecule has 0 aromatic heterocycles. The summed E-state index contributed by atoms with van der Waals surface area (Å²) in [5, 5.41) is 0. The highest BCUT2D eigenvalue weighted by molar-refractivity contribution is 5.45. The fourth-order valence-corrected chi connectivity index (χ4v) is 2.58. The molecule has 0 heterocycles. The highest BCUT2D eigenvalue weighted by Gasteiger charge is 2.06. The van der Waals surface area contributed by atoms with E-state index >= 15 is 0 Å². The highest BCUT2D eigenvalue weighted by Crippen LogP contribution is 2.30. The molecule has 0 aliphatic carbocycles. The molecule has 3 heteroatoms. The molecule has 3 aromatic rings. The zero-order valence-electron chi connectivity index (χ0n) is 14.4. The van der Waals surface area contributed by atoms with Crippen molar-refractivity contribution in [3.63, 3.8) is 0 Å². The van der Waals surface area contributed by atoms with E-state index < -0.39 is 0 Å². The van der Waals surface area contributed by atoms with E-state index in [-0.39, 0.29) is 0 Å². The Morgan fingerprint density at radius 3 is 2.24 bits per heavy atom. The number of unbranched alkanes of at least 4 members (excludes halogenated alkanes) is 1. The molecule has 0 aliphatic heterocycles. The Morgan fingerprint density at radius 1 is 0.760 bits per heavy atom. The van der Waals surface area contributed by atoms with E-state index in [1.807, 2.05) is 60.7 Å². The Balaban J connectivity index is 1.75. The summed E-state index contributed by atoms with van der Waals surface area (Å²) in [5.41, 5.74) is 7.65. The lowest BCUT2D eigenvalue weighted by atomic mass is 10.1. The maximum Gasteiger partial charge on any atom is 0.131 e. The molecule has 0 radical (unpaired) electrons.